The molecule has 1 N–H and O–H groups in total. The smallest absolute Gasteiger partial charge is 0.408 e. The Labute approximate surface area is 206 Å². The lowest BCUT2D eigenvalue weighted by atomic mass is 9.76. The number of esters is 3. The van der Waals surface area contributed by atoms with Crippen molar-refractivity contribution in [3.8, 4) is 0 Å². The van der Waals surface area contributed by atoms with Gasteiger partial charge in [-0.2, -0.15) is 0 Å². The summed E-state index contributed by atoms with van der Waals surface area (Å²) < 4.78 is 22.6. The maximum absolute atomic E-state index is 13.0. The van der Waals surface area contributed by atoms with Crippen molar-refractivity contribution < 1.29 is 38.1 Å². The van der Waals surface area contributed by atoms with Crippen LogP contribution in [0.4, 0.5) is 4.79 Å². The zero-order valence-corrected chi connectivity index (χ0v) is 20.9. The third-order valence-corrected chi connectivity index (χ3v) is 5.67. The van der Waals surface area contributed by atoms with Crippen molar-refractivity contribution in [2.75, 3.05) is 21.3 Å². The lowest BCUT2D eigenvalue weighted by Crippen LogP contribution is -2.59. The summed E-state index contributed by atoms with van der Waals surface area (Å²) in [4.78, 5) is 49.5. The second kappa shape index (κ2) is 10.3. The molecule has 0 saturated heterocycles. The quantitative estimate of drug-likeness (QED) is 0.431. The maximum atomic E-state index is 13.0. The minimum absolute atomic E-state index is 0.0122. The topological polar surface area (TPSA) is 179 Å². The molecule has 0 spiro atoms. The van der Waals surface area contributed by atoms with Crippen molar-refractivity contribution in [1.29, 1.82) is 0 Å². The fraction of sp³-hybridized carbons (Fsp3) is 0.619. The van der Waals surface area contributed by atoms with Gasteiger partial charge in [-0.15, -0.1) is 10.2 Å². The molecule has 0 bridgehead atoms. The third kappa shape index (κ3) is 5.60. The Balaban J connectivity index is 2.02. The number of aromatic nitrogens is 6. The van der Waals surface area contributed by atoms with Crippen LogP contribution in [0.2, 0.25) is 0 Å². The number of carbonyl (C=O) groups is 4. The van der Waals surface area contributed by atoms with E-state index in [1.165, 1.54) is 43.1 Å². The monoisotopic (exact) mass is 507 g/mol. The Morgan fingerprint density at radius 3 is 1.92 bits per heavy atom. The Morgan fingerprint density at radius 1 is 0.917 bits per heavy atom. The molecule has 15 heteroatoms. The van der Waals surface area contributed by atoms with E-state index in [1.54, 1.807) is 20.8 Å². The van der Waals surface area contributed by atoms with Gasteiger partial charge in [0, 0.05) is 6.42 Å². The van der Waals surface area contributed by atoms with Crippen molar-refractivity contribution in [2.24, 2.45) is 0 Å². The summed E-state index contributed by atoms with van der Waals surface area (Å²) in [5.74, 6) is -2.05. The van der Waals surface area contributed by atoms with Crippen LogP contribution in [0.3, 0.4) is 0 Å². The third-order valence-electron chi connectivity index (χ3n) is 5.67. The zero-order chi connectivity index (χ0) is 26.7. The SMILES string of the molecule is COC(=O)c1cn([C@@H]2CCC(NC(=O)OC(C)(C)C)(C(=O)OC)C[C@H]2n2cc(C(=O)OC)nn2)nn1. The number of ether oxygens (including phenoxy) is 4. The van der Waals surface area contributed by atoms with Gasteiger partial charge in [0.1, 0.15) is 11.1 Å². The summed E-state index contributed by atoms with van der Waals surface area (Å²) in [6, 6.07) is -1.19. The van der Waals surface area contributed by atoms with E-state index in [2.05, 4.69) is 25.9 Å². The first-order chi connectivity index (χ1) is 16.9. The summed E-state index contributed by atoms with van der Waals surface area (Å²) in [5, 5.41) is 18.5. The number of amides is 1. The van der Waals surface area contributed by atoms with Crippen LogP contribution in [-0.2, 0) is 23.7 Å². The van der Waals surface area contributed by atoms with Crippen LogP contribution in [0.25, 0.3) is 0 Å². The van der Waals surface area contributed by atoms with Crippen LogP contribution >= 0.6 is 0 Å². The van der Waals surface area contributed by atoms with Crippen molar-refractivity contribution in [2.45, 2.75) is 63.3 Å². The Bertz CT molecular complexity index is 1140. The van der Waals surface area contributed by atoms with E-state index in [1.807, 2.05) is 0 Å². The predicted octanol–water partition coefficient (Wildman–Crippen LogP) is 0.846. The highest BCUT2D eigenvalue weighted by molar-refractivity contribution is 5.87. The zero-order valence-electron chi connectivity index (χ0n) is 20.9. The van der Waals surface area contributed by atoms with Crippen molar-refractivity contribution in [1.82, 2.24) is 35.3 Å². The first kappa shape index (κ1) is 26.6. The highest BCUT2D eigenvalue weighted by atomic mass is 16.6. The van der Waals surface area contributed by atoms with E-state index >= 15 is 0 Å². The van der Waals surface area contributed by atoms with Crippen LogP contribution in [0.1, 0.15) is 73.1 Å². The molecule has 3 atom stereocenters. The lowest BCUT2D eigenvalue weighted by Gasteiger charge is -2.42. The molecule has 0 aromatic carbocycles. The molecule has 1 aliphatic carbocycles. The van der Waals surface area contributed by atoms with Gasteiger partial charge in [0.15, 0.2) is 11.4 Å². The van der Waals surface area contributed by atoms with Gasteiger partial charge in [0.25, 0.3) is 0 Å². The van der Waals surface area contributed by atoms with E-state index in [9.17, 15) is 19.2 Å². The van der Waals surface area contributed by atoms with Gasteiger partial charge in [-0.05, 0) is 33.6 Å². The van der Waals surface area contributed by atoms with Gasteiger partial charge < -0.3 is 24.3 Å². The second-order valence-electron chi connectivity index (χ2n) is 9.23. The van der Waals surface area contributed by atoms with Gasteiger partial charge >= 0.3 is 24.0 Å². The molecule has 0 aliphatic heterocycles. The maximum Gasteiger partial charge on any atom is 0.408 e. The van der Waals surface area contributed by atoms with Crippen LogP contribution < -0.4 is 5.32 Å². The molecule has 2 aromatic rings. The van der Waals surface area contributed by atoms with Crippen LogP contribution in [0, 0.1) is 0 Å². The van der Waals surface area contributed by atoms with Gasteiger partial charge in [0.05, 0.1) is 45.8 Å². The standard InChI is InChI=1S/C21H29N7O8/c1-20(2,3)36-19(32)22-21(18(31)35-6)8-7-14(27-10-12(23-25-27)16(29)33-4)15(9-21)28-11-13(24-26-28)17(30)34-5/h10-11,14-15H,7-9H2,1-6H3,(H,22,32)/t14-,15-,21?/m1/s1. The van der Waals surface area contributed by atoms with Gasteiger partial charge in [-0.25, -0.2) is 28.5 Å². The highest BCUT2D eigenvalue weighted by Crippen LogP contribution is 2.43. The summed E-state index contributed by atoms with van der Waals surface area (Å²) >= 11 is 0. The number of rotatable bonds is 6. The number of hydrogen-bond donors (Lipinski definition) is 1. The van der Waals surface area contributed by atoms with Gasteiger partial charge in [-0.3, -0.25) is 0 Å². The Hall–Kier alpha value is -4.04. The molecule has 196 valence electrons. The normalized spacial score (nSPS) is 21.8. The predicted molar refractivity (Wildman–Crippen MR) is 119 cm³/mol. The molecule has 1 amide bonds. The van der Waals surface area contributed by atoms with Crippen LogP contribution in [0.15, 0.2) is 12.4 Å². The fourth-order valence-corrected chi connectivity index (χ4v) is 4.08. The fourth-order valence-electron chi connectivity index (χ4n) is 4.08. The molecule has 1 saturated carbocycles. The van der Waals surface area contributed by atoms with E-state index < -0.39 is 47.2 Å². The largest absolute Gasteiger partial charge is 0.467 e. The van der Waals surface area contributed by atoms with Gasteiger partial charge in [0.2, 0.25) is 0 Å². The molecular formula is C21H29N7O8. The number of nitrogens with zero attached hydrogens (tertiary/aromatic N) is 6. The lowest BCUT2D eigenvalue weighted by molar-refractivity contribution is -0.151. The minimum atomic E-state index is -1.48. The number of carbonyl (C=O) groups excluding carboxylic acids is 4. The number of hydrogen-bond acceptors (Lipinski definition) is 12. The Morgan fingerprint density at radius 2 is 1.44 bits per heavy atom. The first-order valence-electron chi connectivity index (χ1n) is 11.0. The summed E-state index contributed by atoms with van der Waals surface area (Å²) in [6.07, 6.45) is 2.36. The number of methoxy groups -OCH3 is 3. The highest BCUT2D eigenvalue weighted by Gasteiger charge is 2.50. The minimum Gasteiger partial charge on any atom is -0.467 e. The Kier molecular flexibility index (Phi) is 7.59. The molecule has 36 heavy (non-hydrogen) atoms. The van der Waals surface area contributed by atoms with E-state index in [0.717, 1.165) is 0 Å². The molecule has 15 nitrogen and oxygen atoms in total. The summed E-state index contributed by atoms with van der Waals surface area (Å²) in [7, 11) is 3.65. The average Bonchev–Trinajstić information content (AvgIpc) is 3.51. The molecule has 1 unspecified atom stereocenters. The second-order valence-corrected chi connectivity index (χ2v) is 9.23. The van der Waals surface area contributed by atoms with Crippen LogP contribution in [0.5, 0.6) is 0 Å². The van der Waals surface area contributed by atoms with E-state index in [-0.39, 0.29) is 30.7 Å². The molecule has 3 rings (SSSR count). The molecule has 1 aliphatic rings. The average molecular weight is 508 g/mol. The molecule has 0 radical (unpaired) electrons. The van der Waals surface area contributed by atoms with Crippen LogP contribution in [-0.4, -0.2) is 86.5 Å². The number of nitrogens with one attached hydrogen (secondary N) is 1. The van der Waals surface area contributed by atoms with E-state index in [4.69, 9.17) is 18.9 Å². The molecule has 2 heterocycles. The summed E-state index contributed by atoms with van der Waals surface area (Å²) in [5.41, 5.74) is -2.35. The summed E-state index contributed by atoms with van der Waals surface area (Å²) in [6.45, 7) is 5.10. The van der Waals surface area contributed by atoms with Crippen molar-refractivity contribution in [3.05, 3.63) is 23.8 Å². The van der Waals surface area contributed by atoms with Crippen molar-refractivity contribution >= 4 is 24.0 Å². The molecular weight excluding hydrogens is 478 g/mol. The molecule has 2 aromatic heterocycles. The molecule has 1 fully saturated rings. The van der Waals surface area contributed by atoms with E-state index in [0.29, 0.717) is 0 Å². The van der Waals surface area contributed by atoms with Crippen molar-refractivity contribution in [3.63, 3.8) is 0 Å². The number of alkyl carbamates (subject to hydrolysis) is 1. The first-order valence-corrected chi connectivity index (χ1v) is 11.0. The van der Waals surface area contributed by atoms with Gasteiger partial charge in [-0.1, -0.05) is 10.4 Å².